The molecule has 0 radical (unpaired) electrons. The second-order valence-electron chi connectivity index (χ2n) is 10.6. The Morgan fingerprint density at radius 1 is 0.462 bits per heavy atom. The first-order valence-corrected chi connectivity index (χ1v) is 13.9. The molecule has 0 atom stereocenters. The number of nitrogens with zero attached hydrogens (tertiary/aromatic N) is 9. The molecule has 0 saturated carbocycles. The number of hydrogen-bond donors (Lipinski definition) is 0. The lowest BCUT2D eigenvalue weighted by Gasteiger charge is -2.14. The minimum absolute atomic E-state index is 0.250. The fourth-order valence-corrected chi connectivity index (χ4v) is 6.14. The first-order chi connectivity index (χ1) is 24.7. The van der Waals surface area contributed by atoms with Crippen molar-refractivity contribution >= 4 is 33.4 Å². The van der Waals surface area contributed by atoms with E-state index in [9.17, 15) is 73.7 Å². The molecular formula is C37H7F6N9. The summed E-state index contributed by atoms with van der Waals surface area (Å²) in [6.45, 7) is 0. The lowest BCUT2D eigenvalue weighted by molar-refractivity contribution is -0.138. The maximum absolute atomic E-state index is 14.0. The van der Waals surface area contributed by atoms with Crippen molar-refractivity contribution in [3.05, 3.63) is 115 Å². The standard InChI is InChI=1S/C37H7F6N9/c38-36(39,40)28-4-3-17(5-20(28)9-45)30-25(14-50)34-23(32(30)21(10-46)11-47)7-24-33(22(12-48)13-49)31(26(15-51)35(24)27(34)16-52)18-1-2-19(8-44)29(6-18)37(41,42)43/h1-7H. The van der Waals surface area contributed by atoms with Crippen LogP contribution >= 0.6 is 0 Å². The molecule has 2 aliphatic carbocycles. The molecule has 0 bridgehead atoms. The quantitative estimate of drug-likeness (QED) is 0.189. The lowest BCUT2D eigenvalue weighted by atomic mass is 9.86. The monoisotopic (exact) mass is 691 g/mol. The van der Waals surface area contributed by atoms with Gasteiger partial charge in [-0.05, 0) is 52.6 Å². The van der Waals surface area contributed by atoms with Gasteiger partial charge in [-0.1, -0.05) is 12.1 Å². The van der Waals surface area contributed by atoms with E-state index in [4.69, 9.17) is 0 Å². The van der Waals surface area contributed by atoms with Gasteiger partial charge in [0.25, 0.3) is 0 Å². The van der Waals surface area contributed by atoms with Gasteiger partial charge in [-0.2, -0.15) is 73.7 Å². The molecule has 0 N–H and O–H groups in total. The average molecular weight is 692 g/mol. The van der Waals surface area contributed by atoms with Crippen LogP contribution in [0.4, 0.5) is 26.3 Å². The summed E-state index contributed by atoms with van der Waals surface area (Å²) in [6, 6.07) is 20.4. The third-order valence-corrected chi connectivity index (χ3v) is 8.12. The molecule has 0 aromatic heterocycles. The van der Waals surface area contributed by atoms with Crippen LogP contribution in [-0.2, 0) is 12.4 Å². The third-order valence-electron chi connectivity index (χ3n) is 8.12. The average Bonchev–Trinajstić information content (AvgIpc) is 3.63. The number of benzene rings is 3. The van der Waals surface area contributed by atoms with E-state index in [1.807, 2.05) is 12.1 Å². The van der Waals surface area contributed by atoms with Crippen molar-refractivity contribution in [3.63, 3.8) is 0 Å². The van der Waals surface area contributed by atoms with Gasteiger partial charge in [0.15, 0.2) is 0 Å². The van der Waals surface area contributed by atoms with Gasteiger partial charge >= 0.3 is 12.4 Å². The van der Waals surface area contributed by atoms with E-state index < -0.39 is 79.2 Å². The molecule has 0 amide bonds. The van der Waals surface area contributed by atoms with Crippen molar-refractivity contribution in [1.82, 2.24) is 0 Å². The third kappa shape index (κ3) is 5.13. The van der Waals surface area contributed by atoms with E-state index in [0.29, 0.717) is 12.1 Å². The van der Waals surface area contributed by atoms with Crippen LogP contribution < -0.4 is 0 Å². The van der Waals surface area contributed by atoms with Crippen molar-refractivity contribution < 1.29 is 26.3 Å². The van der Waals surface area contributed by atoms with E-state index in [1.54, 1.807) is 30.3 Å². The highest BCUT2D eigenvalue weighted by Crippen LogP contribution is 2.56. The largest absolute Gasteiger partial charge is 0.417 e. The predicted octanol–water partition coefficient (Wildman–Crippen LogP) is 7.84. The van der Waals surface area contributed by atoms with Crippen LogP contribution in [0.3, 0.4) is 0 Å². The molecule has 3 aromatic carbocycles. The zero-order chi connectivity index (χ0) is 38.3. The highest BCUT2D eigenvalue weighted by Gasteiger charge is 2.42. The van der Waals surface area contributed by atoms with Crippen LogP contribution in [0.25, 0.3) is 33.4 Å². The molecule has 242 valence electrons. The fraction of sp³-hybridized carbons (Fsp3) is 0.0541. The number of alkyl halides is 6. The minimum Gasteiger partial charge on any atom is -0.192 e. The van der Waals surface area contributed by atoms with Gasteiger partial charge in [0.05, 0.1) is 51.1 Å². The molecule has 0 fully saturated rings. The number of hydrogen-bond acceptors (Lipinski definition) is 9. The number of halogens is 6. The van der Waals surface area contributed by atoms with Gasteiger partial charge in [-0.25, -0.2) is 0 Å². The van der Waals surface area contributed by atoms with Crippen LogP contribution in [0.15, 0.2) is 53.6 Å². The summed E-state index contributed by atoms with van der Waals surface area (Å²) in [5.41, 5.74) is -10.8. The van der Waals surface area contributed by atoms with Crippen LogP contribution in [0.2, 0.25) is 0 Å². The molecule has 0 saturated heterocycles. The Morgan fingerprint density at radius 2 is 0.904 bits per heavy atom. The van der Waals surface area contributed by atoms with Crippen LogP contribution in [0.1, 0.15) is 61.2 Å². The molecule has 0 heterocycles. The Labute approximate surface area is 288 Å². The van der Waals surface area contributed by atoms with E-state index in [-0.39, 0.29) is 39.0 Å². The predicted molar refractivity (Wildman–Crippen MR) is 165 cm³/mol. The van der Waals surface area contributed by atoms with Crippen LogP contribution in [0.5, 0.6) is 0 Å². The molecule has 3 aromatic rings. The maximum Gasteiger partial charge on any atom is 0.417 e. The van der Waals surface area contributed by atoms with E-state index >= 15 is 0 Å². The SMILES string of the molecule is N#CC(C#N)=C1C(c2ccc(C(F)(F)F)c(C#N)c2)=C(C#N)c2c1cc1c(c2C#N)C(C#N)=C(c2ccc(C#N)c(C(F)(F)F)c2)C1=C(C#N)C#N. The molecule has 0 aliphatic heterocycles. The van der Waals surface area contributed by atoms with Gasteiger partial charge < -0.3 is 0 Å². The van der Waals surface area contributed by atoms with Gasteiger partial charge in [-0.15, -0.1) is 0 Å². The maximum atomic E-state index is 14.0. The summed E-state index contributed by atoms with van der Waals surface area (Å²) in [6.07, 6.45) is -10.0. The van der Waals surface area contributed by atoms with Crippen molar-refractivity contribution in [2.45, 2.75) is 12.4 Å². The van der Waals surface area contributed by atoms with Crippen LogP contribution in [0, 0.1) is 102 Å². The molecular weight excluding hydrogens is 684 g/mol. The fourth-order valence-electron chi connectivity index (χ4n) is 6.14. The Balaban J connectivity index is 2.01. The Morgan fingerprint density at radius 3 is 1.29 bits per heavy atom. The summed E-state index contributed by atoms with van der Waals surface area (Å²) in [4.78, 5) is 0. The zero-order valence-corrected chi connectivity index (χ0v) is 25.3. The smallest absolute Gasteiger partial charge is 0.192 e. The summed E-state index contributed by atoms with van der Waals surface area (Å²) in [5.74, 6) is 0. The molecule has 0 unspecified atom stereocenters. The number of nitriles is 9. The normalized spacial score (nSPS) is 12.8. The van der Waals surface area contributed by atoms with Crippen molar-refractivity contribution in [2.75, 3.05) is 0 Å². The first kappa shape index (κ1) is 34.9. The van der Waals surface area contributed by atoms with Gasteiger partial charge in [0, 0.05) is 33.4 Å². The second kappa shape index (κ2) is 12.6. The van der Waals surface area contributed by atoms with E-state index in [1.165, 1.54) is 12.1 Å². The molecule has 52 heavy (non-hydrogen) atoms. The highest BCUT2D eigenvalue weighted by molar-refractivity contribution is 6.31. The summed E-state index contributed by atoms with van der Waals surface area (Å²) < 4.78 is 83.0. The van der Waals surface area contributed by atoms with Gasteiger partial charge in [0.1, 0.15) is 53.6 Å². The number of fused-ring (bicyclic) bond motifs is 2. The summed E-state index contributed by atoms with van der Waals surface area (Å²) in [5, 5.41) is 90.1. The van der Waals surface area contributed by atoms with E-state index in [2.05, 4.69) is 0 Å². The minimum atomic E-state index is -5.08. The Hall–Kier alpha value is -8.39. The zero-order valence-electron chi connectivity index (χ0n) is 25.3. The Bertz CT molecular complexity index is 2710. The van der Waals surface area contributed by atoms with Gasteiger partial charge in [-0.3, -0.25) is 0 Å². The van der Waals surface area contributed by atoms with Crippen molar-refractivity contribution in [3.8, 4) is 54.6 Å². The molecule has 0 spiro atoms. The molecule has 5 rings (SSSR count). The van der Waals surface area contributed by atoms with Crippen LogP contribution in [-0.4, -0.2) is 0 Å². The molecule has 9 nitrogen and oxygen atoms in total. The molecule has 2 aliphatic rings. The van der Waals surface area contributed by atoms with E-state index in [0.717, 1.165) is 30.3 Å². The van der Waals surface area contributed by atoms with Crippen molar-refractivity contribution in [1.29, 1.82) is 47.4 Å². The summed E-state index contributed by atoms with van der Waals surface area (Å²) in [7, 11) is 0. The first-order valence-electron chi connectivity index (χ1n) is 13.9. The number of allylic oxidation sites excluding steroid dienone is 8. The van der Waals surface area contributed by atoms with Crippen molar-refractivity contribution in [2.24, 2.45) is 0 Å². The van der Waals surface area contributed by atoms with Gasteiger partial charge in [0.2, 0.25) is 0 Å². The molecule has 15 heteroatoms. The Kier molecular flexibility index (Phi) is 8.44. The lowest BCUT2D eigenvalue weighted by Crippen LogP contribution is -2.08. The topological polar surface area (TPSA) is 214 Å². The number of rotatable bonds is 2. The highest BCUT2D eigenvalue weighted by atomic mass is 19.4. The second-order valence-corrected chi connectivity index (χ2v) is 10.6. The summed E-state index contributed by atoms with van der Waals surface area (Å²) >= 11 is 0.